The van der Waals surface area contributed by atoms with Crippen LogP contribution in [0.5, 0.6) is 5.75 Å². The summed E-state index contributed by atoms with van der Waals surface area (Å²) in [6.45, 7) is 2.11. The molecule has 1 aliphatic heterocycles. The lowest BCUT2D eigenvalue weighted by Crippen LogP contribution is -2.30. The van der Waals surface area contributed by atoms with Gasteiger partial charge in [-0.3, -0.25) is 10.1 Å². The highest BCUT2D eigenvalue weighted by atomic mass is 16.6. The number of nitro groups is 1. The first kappa shape index (κ1) is 15.7. The zero-order chi connectivity index (χ0) is 17.6. The van der Waals surface area contributed by atoms with Gasteiger partial charge in [-0.25, -0.2) is 0 Å². The Kier molecular flexibility index (Phi) is 3.71. The van der Waals surface area contributed by atoms with Crippen molar-refractivity contribution in [2.24, 2.45) is 5.92 Å². The summed E-state index contributed by atoms with van der Waals surface area (Å²) in [7, 11) is 1.66. The minimum Gasteiger partial charge on any atom is -0.495 e. The maximum absolute atomic E-state index is 11.5. The number of ether oxygens (including phenoxy) is 1. The number of hydrogen-bond donors (Lipinski definition) is 1. The van der Waals surface area contributed by atoms with E-state index in [1.54, 1.807) is 19.2 Å². The average molecular weight is 336 g/mol. The summed E-state index contributed by atoms with van der Waals surface area (Å²) in [6, 6.07) is 10.9. The van der Waals surface area contributed by atoms with Gasteiger partial charge in [0, 0.05) is 12.0 Å². The monoisotopic (exact) mass is 336 g/mol. The van der Waals surface area contributed by atoms with Crippen molar-refractivity contribution in [1.82, 2.24) is 0 Å². The molecule has 5 heteroatoms. The van der Waals surface area contributed by atoms with E-state index >= 15 is 0 Å². The Morgan fingerprint density at radius 3 is 2.80 bits per heavy atom. The van der Waals surface area contributed by atoms with Crippen molar-refractivity contribution >= 4 is 11.4 Å². The van der Waals surface area contributed by atoms with Crippen LogP contribution in [-0.2, 0) is 0 Å². The summed E-state index contributed by atoms with van der Waals surface area (Å²) >= 11 is 0. The van der Waals surface area contributed by atoms with Crippen LogP contribution in [0.1, 0.15) is 35.1 Å². The van der Waals surface area contributed by atoms with E-state index in [0.717, 1.165) is 23.4 Å². The van der Waals surface area contributed by atoms with Gasteiger partial charge in [0.25, 0.3) is 5.69 Å². The average Bonchev–Trinajstić information content (AvgIpc) is 3.10. The molecule has 0 fully saturated rings. The Hall–Kier alpha value is -2.82. The van der Waals surface area contributed by atoms with Crippen molar-refractivity contribution in [3.63, 3.8) is 0 Å². The van der Waals surface area contributed by atoms with Crippen LogP contribution in [0.3, 0.4) is 0 Å². The summed E-state index contributed by atoms with van der Waals surface area (Å²) in [4.78, 5) is 11.2. The second-order valence-electron chi connectivity index (χ2n) is 6.66. The molecule has 2 aromatic rings. The van der Waals surface area contributed by atoms with E-state index in [2.05, 4.69) is 30.5 Å². The van der Waals surface area contributed by atoms with Gasteiger partial charge in [-0.05, 0) is 36.5 Å². The molecule has 4 rings (SSSR count). The number of fused-ring (bicyclic) bond motifs is 3. The molecule has 2 aliphatic rings. The van der Waals surface area contributed by atoms with Crippen LogP contribution in [0, 0.1) is 23.0 Å². The summed E-state index contributed by atoms with van der Waals surface area (Å²) < 4.78 is 5.56. The molecule has 1 heterocycles. The molecule has 0 saturated carbocycles. The van der Waals surface area contributed by atoms with Crippen LogP contribution in [-0.4, -0.2) is 12.0 Å². The zero-order valence-electron chi connectivity index (χ0n) is 14.2. The van der Waals surface area contributed by atoms with Gasteiger partial charge >= 0.3 is 0 Å². The van der Waals surface area contributed by atoms with E-state index in [0.29, 0.717) is 0 Å². The van der Waals surface area contributed by atoms with Gasteiger partial charge in [-0.1, -0.05) is 36.4 Å². The molecule has 0 radical (unpaired) electrons. The molecule has 0 unspecified atom stereocenters. The summed E-state index contributed by atoms with van der Waals surface area (Å²) in [5.41, 5.74) is 4.32. The predicted octanol–water partition coefficient (Wildman–Crippen LogP) is 4.74. The summed E-state index contributed by atoms with van der Waals surface area (Å²) in [5.74, 6) is 1.29. The number of aryl methyl sites for hydroxylation is 1. The van der Waals surface area contributed by atoms with Gasteiger partial charge in [0.05, 0.1) is 29.3 Å². The highest BCUT2D eigenvalue weighted by Gasteiger charge is 2.41. The molecule has 2 aromatic carbocycles. The molecule has 128 valence electrons. The fraction of sp³-hybridized carbons (Fsp3) is 0.300. The maximum atomic E-state index is 11.5. The third-order valence-corrected chi connectivity index (χ3v) is 5.39. The first-order chi connectivity index (χ1) is 12.1. The highest BCUT2D eigenvalue weighted by molar-refractivity contribution is 5.70. The van der Waals surface area contributed by atoms with E-state index in [1.165, 1.54) is 11.1 Å². The summed E-state index contributed by atoms with van der Waals surface area (Å²) in [5, 5.41) is 15.1. The third-order valence-electron chi connectivity index (χ3n) is 5.39. The van der Waals surface area contributed by atoms with Crippen molar-refractivity contribution < 1.29 is 9.66 Å². The number of anilines is 1. The van der Waals surface area contributed by atoms with E-state index in [1.807, 2.05) is 18.2 Å². The third kappa shape index (κ3) is 2.38. The van der Waals surface area contributed by atoms with Gasteiger partial charge in [0.15, 0.2) is 0 Å². The van der Waals surface area contributed by atoms with Crippen LogP contribution >= 0.6 is 0 Å². The van der Waals surface area contributed by atoms with Crippen molar-refractivity contribution in [2.45, 2.75) is 25.3 Å². The fourth-order valence-electron chi connectivity index (χ4n) is 4.27. The summed E-state index contributed by atoms with van der Waals surface area (Å²) in [6.07, 6.45) is 5.33. The molecular formula is C20H20N2O3. The lowest BCUT2D eigenvalue weighted by molar-refractivity contribution is -0.385. The molecule has 1 aliphatic carbocycles. The molecule has 3 atom stereocenters. The first-order valence-corrected chi connectivity index (χ1v) is 8.46. The van der Waals surface area contributed by atoms with Gasteiger partial charge in [-0.2, -0.15) is 0 Å². The molecule has 25 heavy (non-hydrogen) atoms. The number of methoxy groups -OCH3 is 1. The van der Waals surface area contributed by atoms with E-state index in [4.69, 9.17) is 4.74 Å². The lowest BCUT2D eigenvalue weighted by Gasteiger charge is -2.38. The predicted molar refractivity (Wildman–Crippen MR) is 97.2 cm³/mol. The molecule has 0 saturated heterocycles. The molecule has 0 aromatic heterocycles. The number of benzene rings is 2. The Bertz CT molecular complexity index is 875. The minimum absolute atomic E-state index is 0.121. The largest absolute Gasteiger partial charge is 0.495 e. The minimum atomic E-state index is -0.294. The molecular weight excluding hydrogens is 316 g/mol. The number of nitrogens with zero attached hydrogens (tertiary/aromatic N) is 1. The van der Waals surface area contributed by atoms with Crippen LogP contribution in [0.2, 0.25) is 0 Å². The quantitative estimate of drug-likeness (QED) is 0.499. The Morgan fingerprint density at radius 2 is 2.04 bits per heavy atom. The van der Waals surface area contributed by atoms with E-state index in [9.17, 15) is 10.1 Å². The highest BCUT2D eigenvalue weighted by Crippen LogP contribution is 2.54. The molecule has 0 spiro atoms. The number of hydrogen-bond acceptors (Lipinski definition) is 4. The van der Waals surface area contributed by atoms with Gasteiger partial charge in [0.1, 0.15) is 5.75 Å². The number of allylic oxidation sites excluding steroid dienone is 2. The Labute approximate surface area is 146 Å². The Balaban J connectivity index is 1.89. The molecule has 0 bridgehead atoms. The number of nitro benzene ring substituents is 1. The van der Waals surface area contributed by atoms with Crippen molar-refractivity contribution in [3.8, 4) is 5.75 Å². The molecule has 1 N–H and O–H groups in total. The molecule has 0 amide bonds. The first-order valence-electron chi connectivity index (χ1n) is 8.46. The number of rotatable bonds is 3. The fourth-order valence-corrected chi connectivity index (χ4v) is 4.27. The Morgan fingerprint density at radius 1 is 1.24 bits per heavy atom. The maximum Gasteiger partial charge on any atom is 0.274 e. The van der Waals surface area contributed by atoms with E-state index in [-0.39, 0.29) is 28.5 Å². The topological polar surface area (TPSA) is 64.4 Å². The number of para-hydroxylation sites is 1. The van der Waals surface area contributed by atoms with Gasteiger partial charge < -0.3 is 10.1 Å². The van der Waals surface area contributed by atoms with Crippen LogP contribution in [0.4, 0.5) is 11.4 Å². The van der Waals surface area contributed by atoms with Crippen molar-refractivity contribution in [2.75, 3.05) is 12.4 Å². The van der Waals surface area contributed by atoms with Crippen LogP contribution in [0.25, 0.3) is 0 Å². The second-order valence-corrected chi connectivity index (χ2v) is 6.66. The van der Waals surface area contributed by atoms with Crippen molar-refractivity contribution in [1.29, 1.82) is 0 Å². The van der Waals surface area contributed by atoms with Gasteiger partial charge in [-0.15, -0.1) is 0 Å². The zero-order valence-corrected chi connectivity index (χ0v) is 14.2. The van der Waals surface area contributed by atoms with Crippen LogP contribution in [0.15, 0.2) is 48.6 Å². The van der Waals surface area contributed by atoms with E-state index < -0.39 is 0 Å². The van der Waals surface area contributed by atoms with Crippen molar-refractivity contribution in [3.05, 3.63) is 75.4 Å². The normalized spacial score (nSPS) is 23.5. The second kappa shape index (κ2) is 5.92. The SMILES string of the molecule is COc1ccc(C)c2c1N[C@@H](c1ccccc1[N+](=O)[O-])[C@@H]1CC=C[C@@H]21. The molecule has 5 nitrogen and oxygen atoms in total. The lowest BCUT2D eigenvalue weighted by atomic mass is 9.75. The van der Waals surface area contributed by atoms with Gasteiger partial charge in [0.2, 0.25) is 0 Å². The standard InChI is InChI=1S/C20H20N2O3/c1-12-10-11-17(25-2)20-18(12)13-7-5-8-14(13)19(21-20)15-6-3-4-9-16(15)22(23)24/h3-7,9-11,13-14,19,21H,8H2,1-2H3/t13-,14-,19-/m1/s1. The smallest absolute Gasteiger partial charge is 0.274 e. The number of nitrogens with one attached hydrogen (secondary N) is 1. The van der Waals surface area contributed by atoms with Crippen LogP contribution < -0.4 is 10.1 Å².